The number of hydrogen-bond donors (Lipinski definition) is 1. The van der Waals surface area contributed by atoms with Crippen molar-refractivity contribution in [2.24, 2.45) is 0 Å². The van der Waals surface area contributed by atoms with Gasteiger partial charge in [-0.3, -0.25) is 0 Å². The lowest BCUT2D eigenvalue weighted by Gasteiger charge is -2.16. The smallest absolute Gasteiger partial charge is 0.371 e. The molecule has 0 aromatic carbocycles. The predicted molar refractivity (Wildman–Crippen MR) is 53.9 cm³/mol. The van der Waals surface area contributed by atoms with E-state index in [1.165, 1.54) is 6.07 Å². The Bertz CT molecular complexity index is 347. The quantitative estimate of drug-likeness (QED) is 0.774. The van der Waals surface area contributed by atoms with E-state index in [1.807, 2.05) is 20.8 Å². The number of hydrogen-bond acceptors (Lipinski definition) is 2. The van der Waals surface area contributed by atoms with Gasteiger partial charge in [-0.2, -0.15) is 0 Å². The molecule has 1 rings (SSSR count). The van der Waals surface area contributed by atoms with Crippen LogP contribution in [0.5, 0.6) is 0 Å². The Morgan fingerprint density at radius 3 is 2.43 bits per heavy atom. The highest BCUT2D eigenvalue weighted by atomic mass is 35.5. The van der Waals surface area contributed by atoms with Crippen molar-refractivity contribution < 1.29 is 14.3 Å². The fourth-order valence-corrected chi connectivity index (χ4v) is 1.47. The van der Waals surface area contributed by atoms with Gasteiger partial charge in [0, 0.05) is 11.0 Å². The second-order valence-electron chi connectivity index (χ2n) is 4.15. The molecular weight excluding hydrogens is 204 g/mol. The molecule has 0 bridgehead atoms. The monoisotopic (exact) mass is 216 g/mol. The predicted octanol–water partition coefficient (Wildman–Crippen LogP) is 3.01. The molecule has 0 aliphatic heterocycles. The molecule has 1 aromatic heterocycles. The summed E-state index contributed by atoms with van der Waals surface area (Å²) in [5, 5.41) is 8.75. The minimum absolute atomic E-state index is 0.0504. The SMILES string of the molecule is CC(C)(C)c1oc(C(=O)O)cc1CCl. The van der Waals surface area contributed by atoms with E-state index in [0.29, 0.717) is 5.76 Å². The second kappa shape index (κ2) is 3.65. The average Bonchev–Trinajstić information content (AvgIpc) is 2.46. The van der Waals surface area contributed by atoms with E-state index in [2.05, 4.69) is 0 Å². The molecule has 0 unspecified atom stereocenters. The number of rotatable bonds is 2. The van der Waals surface area contributed by atoms with Crippen molar-refractivity contribution in [1.82, 2.24) is 0 Å². The van der Waals surface area contributed by atoms with E-state index in [9.17, 15) is 4.79 Å². The van der Waals surface area contributed by atoms with E-state index in [4.69, 9.17) is 21.1 Å². The summed E-state index contributed by atoms with van der Waals surface area (Å²) < 4.78 is 5.25. The van der Waals surface area contributed by atoms with E-state index in [1.54, 1.807) is 0 Å². The van der Waals surface area contributed by atoms with Gasteiger partial charge in [0.25, 0.3) is 0 Å². The minimum atomic E-state index is -1.06. The van der Waals surface area contributed by atoms with Crippen molar-refractivity contribution >= 4 is 17.6 Å². The van der Waals surface area contributed by atoms with E-state index in [-0.39, 0.29) is 17.1 Å². The van der Waals surface area contributed by atoms with Crippen LogP contribution in [0.15, 0.2) is 10.5 Å². The molecule has 0 saturated carbocycles. The van der Waals surface area contributed by atoms with Gasteiger partial charge in [-0.1, -0.05) is 20.8 Å². The highest BCUT2D eigenvalue weighted by Gasteiger charge is 2.24. The Hall–Kier alpha value is -0.960. The molecule has 0 amide bonds. The van der Waals surface area contributed by atoms with Crippen molar-refractivity contribution in [2.45, 2.75) is 32.1 Å². The van der Waals surface area contributed by atoms with Gasteiger partial charge in [-0.15, -0.1) is 11.6 Å². The van der Waals surface area contributed by atoms with Crippen LogP contribution >= 0.6 is 11.6 Å². The summed E-state index contributed by atoms with van der Waals surface area (Å²) >= 11 is 5.70. The van der Waals surface area contributed by atoms with Gasteiger partial charge >= 0.3 is 5.97 Å². The van der Waals surface area contributed by atoms with E-state index >= 15 is 0 Å². The number of carboxylic acids is 1. The van der Waals surface area contributed by atoms with Crippen LogP contribution in [0.2, 0.25) is 0 Å². The zero-order valence-corrected chi connectivity index (χ0v) is 9.18. The van der Waals surface area contributed by atoms with Crippen LogP contribution in [0.3, 0.4) is 0 Å². The highest BCUT2D eigenvalue weighted by Crippen LogP contribution is 2.29. The second-order valence-corrected chi connectivity index (χ2v) is 4.42. The maximum Gasteiger partial charge on any atom is 0.371 e. The molecule has 0 aliphatic carbocycles. The summed E-state index contributed by atoms with van der Waals surface area (Å²) in [6, 6.07) is 1.48. The third kappa shape index (κ3) is 2.10. The Balaban J connectivity index is 3.22. The molecule has 14 heavy (non-hydrogen) atoms. The van der Waals surface area contributed by atoms with Crippen LogP contribution in [0.4, 0.5) is 0 Å². The largest absolute Gasteiger partial charge is 0.475 e. The summed E-state index contributed by atoms with van der Waals surface area (Å²) in [5.74, 6) is -0.203. The van der Waals surface area contributed by atoms with E-state index in [0.717, 1.165) is 5.56 Å². The van der Waals surface area contributed by atoms with Crippen molar-refractivity contribution in [3.8, 4) is 0 Å². The van der Waals surface area contributed by atoms with Crippen molar-refractivity contribution in [2.75, 3.05) is 0 Å². The number of aromatic carboxylic acids is 1. The van der Waals surface area contributed by atoms with Crippen molar-refractivity contribution in [1.29, 1.82) is 0 Å². The molecule has 0 fully saturated rings. The van der Waals surface area contributed by atoms with Crippen molar-refractivity contribution in [3.05, 3.63) is 23.2 Å². The van der Waals surface area contributed by atoms with Crippen LogP contribution in [-0.4, -0.2) is 11.1 Å². The Morgan fingerprint density at radius 2 is 2.14 bits per heavy atom. The zero-order chi connectivity index (χ0) is 10.9. The first-order valence-electron chi connectivity index (χ1n) is 4.28. The first-order chi connectivity index (χ1) is 6.36. The van der Waals surface area contributed by atoms with Crippen LogP contribution in [0.25, 0.3) is 0 Å². The van der Waals surface area contributed by atoms with Gasteiger partial charge in [0.05, 0.1) is 5.88 Å². The molecule has 3 nitrogen and oxygen atoms in total. The number of halogens is 1. The summed E-state index contributed by atoms with van der Waals surface area (Å²) in [5.41, 5.74) is 0.523. The van der Waals surface area contributed by atoms with Gasteiger partial charge in [-0.25, -0.2) is 4.79 Å². The molecule has 0 saturated heterocycles. The summed E-state index contributed by atoms with van der Waals surface area (Å²) in [7, 11) is 0. The number of carboxylic acid groups (broad SMARTS) is 1. The summed E-state index contributed by atoms with van der Waals surface area (Å²) in [6.45, 7) is 5.86. The van der Waals surface area contributed by atoms with Crippen molar-refractivity contribution in [3.63, 3.8) is 0 Å². The van der Waals surface area contributed by atoms with Crippen LogP contribution in [0.1, 0.15) is 42.6 Å². The van der Waals surface area contributed by atoms with Gasteiger partial charge < -0.3 is 9.52 Å². The van der Waals surface area contributed by atoms with Crippen LogP contribution in [-0.2, 0) is 11.3 Å². The zero-order valence-electron chi connectivity index (χ0n) is 8.43. The number of carbonyl (C=O) groups is 1. The molecule has 1 aromatic rings. The Labute approximate surface area is 87.7 Å². The molecule has 0 aliphatic rings. The third-order valence-electron chi connectivity index (χ3n) is 1.84. The molecule has 1 N–H and O–H groups in total. The first-order valence-corrected chi connectivity index (χ1v) is 4.82. The van der Waals surface area contributed by atoms with Crippen LogP contribution in [0, 0.1) is 0 Å². The fraction of sp³-hybridized carbons (Fsp3) is 0.500. The number of furan rings is 1. The van der Waals surface area contributed by atoms with E-state index < -0.39 is 5.97 Å². The average molecular weight is 217 g/mol. The third-order valence-corrected chi connectivity index (χ3v) is 2.13. The molecule has 0 spiro atoms. The Morgan fingerprint density at radius 1 is 1.57 bits per heavy atom. The lowest BCUT2D eigenvalue weighted by Crippen LogP contribution is -2.11. The maximum atomic E-state index is 10.7. The van der Waals surface area contributed by atoms with Crippen LogP contribution < -0.4 is 0 Å². The van der Waals surface area contributed by atoms with Gasteiger partial charge in [0.15, 0.2) is 0 Å². The Kier molecular flexibility index (Phi) is 2.90. The minimum Gasteiger partial charge on any atom is -0.475 e. The summed E-state index contributed by atoms with van der Waals surface area (Å²) in [6.07, 6.45) is 0. The maximum absolute atomic E-state index is 10.7. The van der Waals surface area contributed by atoms with Gasteiger partial charge in [0.1, 0.15) is 5.76 Å². The molecule has 78 valence electrons. The highest BCUT2D eigenvalue weighted by molar-refractivity contribution is 6.17. The molecular formula is C10H13ClO3. The summed E-state index contributed by atoms with van der Waals surface area (Å²) in [4.78, 5) is 10.7. The molecule has 0 atom stereocenters. The normalized spacial score (nSPS) is 11.7. The standard InChI is InChI=1S/C10H13ClO3/c1-10(2,3)8-6(5-11)4-7(14-8)9(12)13/h4H,5H2,1-3H3,(H,12,13). The fourth-order valence-electron chi connectivity index (χ4n) is 1.27. The lowest BCUT2D eigenvalue weighted by molar-refractivity contribution is 0.0658. The molecule has 1 heterocycles. The first kappa shape index (κ1) is 11.1. The molecule has 0 radical (unpaired) electrons. The van der Waals surface area contributed by atoms with Gasteiger partial charge in [0.2, 0.25) is 5.76 Å². The topological polar surface area (TPSA) is 50.4 Å². The van der Waals surface area contributed by atoms with Gasteiger partial charge in [-0.05, 0) is 6.07 Å². The number of alkyl halides is 1. The molecule has 4 heteroatoms. The lowest BCUT2D eigenvalue weighted by atomic mass is 9.91.